The summed E-state index contributed by atoms with van der Waals surface area (Å²) < 4.78 is 4.67. The zero-order valence-electron chi connectivity index (χ0n) is 10.0. The number of nitrogens with two attached hydrogens (primary N) is 2. The lowest BCUT2D eigenvalue weighted by Gasteiger charge is -2.19. The minimum atomic E-state index is -1.34. The molecule has 18 heavy (non-hydrogen) atoms. The highest BCUT2D eigenvalue weighted by molar-refractivity contribution is 5.70. The number of anilines is 2. The highest BCUT2D eigenvalue weighted by atomic mass is 16.5. The van der Waals surface area contributed by atoms with E-state index in [0.29, 0.717) is 0 Å². The van der Waals surface area contributed by atoms with Crippen molar-refractivity contribution in [3.8, 4) is 0 Å². The fraction of sp³-hybridized carbons (Fsp3) is 0.455. The molecule has 0 radical (unpaired) electrons. The number of pyridine rings is 1. The van der Waals surface area contributed by atoms with Crippen molar-refractivity contribution >= 4 is 17.3 Å². The van der Waals surface area contributed by atoms with Gasteiger partial charge in [0.2, 0.25) is 0 Å². The number of carbonyl (C=O) groups excluding carboxylic acids is 1. The van der Waals surface area contributed by atoms with Gasteiger partial charge in [-0.1, -0.05) is 0 Å². The zero-order valence-corrected chi connectivity index (χ0v) is 10.0. The molecule has 0 aliphatic carbocycles. The third kappa shape index (κ3) is 3.31. The Kier molecular flexibility index (Phi) is 4.87. The first-order valence-corrected chi connectivity index (χ1v) is 5.48. The van der Waals surface area contributed by atoms with Crippen LogP contribution in [0.25, 0.3) is 0 Å². The summed E-state index contributed by atoms with van der Waals surface area (Å²) in [7, 11) is 0. The number of nitrogens with zero attached hydrogens (tertiary/aromatic N) is 1. The first kappa shape index (κ1) is 14.2. The minimum Gasteiger partial charge on any atom is -0.466 e. The summed E-state index contributed by atoms with van der Waals surface area (Å²) >= 11 is 0. The molecule has 2 unspecified atom stereocenters. The molecule has 100 valence electrons. The van der Waals surface area contributed by atoms with Gasteiger partial charge < -0.3 is 26.4 Å². The Bertz CT molecular complexity index is 425. The number of hydrogen-bond acceptors (Lipinski definition) is 7. The molecule has 2 atom stereocenters. The molecule has 7 heteroatoms. The van der Waals surface area contributed by atoms with Gasteiger partial charge in [-0.3, -0.25) is 9.78 Å². The lowest BCUT2D eigenvalue weighted by molar-refractivity contribution is -0.147. The molecule has 1 aromatic rings. The van der Waals surface area contributed by atoms with Crippen LogP contribution in [0.15, 0.2) is 12.4 Å². The summed E-state index contributed by atoms with van der Waals surface area (Å²) in [5, 5.41) is 19.6. The molecule has 0 aromatic carbocycles. The van der Waals surface area contributed by atoms with E-state index in [9.17, 15) is 15.0 Å². The third-order valence-electron chi connectivity index (χ3n) is 2.41. The molecular weight excluding hydrogens is 238 g/mol. The molecule has 6 N–H and O–H groups in total. The molecule has 0 amide bonds. The van der Waals surface area contributed by atoms with Gasteiger partial charge in [-0.2, -0.15) is 0 Å². The summed E-state index contributed by atoms with van der Waals surface area (Å²) in [5.41, 5.74) is 11.7. The smallest absolute Gasteiger partial charge is 0.308 e. The zero-order chi connectivity index (χ0) is 13.7. The van der Waals surface area contributed by atoms with Crippen molar-refractivity contribution in [1.29, 1.82) is 0 Å². The van der Waals surface area contributed by atoms with Gasteiger partial charge in [0, 0.05) is 11.8 Å². The molecule has 0 saturated heterocycles. The van der Waals surface area contributed by atoms with Crippen LogP contribution >= 0.6 is 0 Å². The number of esters is 1. The molecule has 1 rings (SSSR count). The first-order valence-electron chi connectivity index (χ1n) is 5.48. The second-order valence-electron chi connectivity index (χ2n) is 3.75. The molecule has 0 fully saturated rings. The number of carbonyl (C=O) groups is 1. The monoisotopic (exact) mass is 255 g/mol. The van der Waals surface area contributed by atoms with Crippen molar-refractivity contribution in [2.24, 2.45) is 0 Å². The lowest BCUT2D eigenvalue weighted by Crippen LogP contribution is -2.24. The van der Waals surface area contributed by atoms with Crippen molar-refractivity contribution in [2.45, 2.75) is 25.6 Å². The van der Waals surface area contributed by atoms with Crippen molar-refractivity contribution < 1.29 is 19.7 Å². The minimum absolute atomic E-state index is 0.139. The van der Waals surface area contributed by atoms with Crippen LogP contribution < -0.4 is 11.5 Å². The number of rotatable bonds is 5. The van der Waals surface area contributed by atoms with Crippen LogP contribution in [0, 0.1) is 0 Å². The third-order valence-corrected chi connectivity index (χ3v) is 2.41. The van der Waals surface area contributed by atoms with E-state index in [1.807, 2.05) is 0 Å². The van der Waals surface area contributed by atoms with E-state index in [-0.39, 0.29) is 30.0 Å². The fourth-order valence-electron chi connectivity index (χ4n) is 1.45. The van der Waals surface area contributed by atoms with E-state index < -0.39 is 18.2 Å². The Hall–Kier alpha value is -1.86. The maximum Gasteiger partial charge on any atom is 0.308 e. The van der Waals surface area contributed by atoms with Gasteiger partial charge in [-0.05, 0) is 6.92 Å². The van der Waals surface area contributed by atoms with Crippen molar-refractivity contribution in [3.63, 3.8) is 0 Å². The number of hydrogen-bond donors (Lipinski definition) is 4. The molecule has 0 aliphatic rings. The Morgan fingerprint density at radius 3 is 2.72 bits per heavy atom. The molecular formula is C11H17N3O4. The normalized spacial score (nSPS) is 13.9. The summed E-state index contributed by atoms with van der Waals surface area (Å²) in [6, 6.07) is 0. The van der Waals surface area contributed by atoms with Crippen molar-refractivity contribution in [1.82, 2.24) is 4.98 Å². The Morgan fingerprint density at radius 1 is 1.44 bits per heavy atom. The summed E-state index contributed by atoms with van der Waals surface area (Å²) in [6.45, 7) is 1.87. The van der Waals surface area contributed by atoms with Crippen LogP contribution in [0.1, 0.15) is 25.0 Å². The molecule has 7 nitrogen and oxygen atoms in total. The van der Waals surface area contributed by atoms with Crippen molar-refractivity contribution in [3.05, 3.63) is 18.0 Å². The lowest BCUT2D eigenvalue weighted by atomic mass is 10.0. The first-order chi connectivity index (χ1) is 8.47. The average molecular weight is 255 g/mol. The van der Waals surface area contributed by atoms with E-state index in [2.05, 4.69) is 9.72 Å². The standard InChI is InChI=1S/C11H17N3O4/c1-2-18-9(16)3-8(15)11(17)6-4-14-5-7(12)10(6)13/h4-5,8,11,15,17H,2-3,12H2,1H3,(H2,13,14). The molecule has 1 aromatic heterocycles. The second-order valence-corrected chi connectivity index (χ2v) is 3.75. The maximum atomic E-state index is 11.2. The van der Waals surface area contributed by atoms with Gasteiger partial charge in [0.1, 0.15) is 6.10 Å². The highest BCUT2D eigenvalue weighted by Crippen LogP contribution is 2.27. The summed E-state index contributed by atoms with van der Waals surface area (Å²) in [5.74, 6) is -0.598. The largest absolute Gasteiger partial charge is 0.466 e. The molecule has 0 bridgehead atoms. The Balaban J connectivity index is 2.77. The van der Waals surface area contributed by atoms with Crippen LogP contribution in [-0.4, -0.2) is 33.9 Å². The maximum absolute atomic E-state index is 11.2. The van der Waals surface area contributed by atoms with Crippen LogP contribution in [0.3, 0.4) is 0 Å². The number of aliphatic hydroxyl groups excluding tert-OH is 2. The van der Waals surface area contributed by atoms with Crippen LogP contribution in [-0.2, 0) is 9.53 Å². The Morgan fingerprint density at radius 2 is 2.11 bits per heavy atom. The second kappa shape index (κ2) is 6.18. The van der Waals surface area contributed by atoms with Crippen LogP contribution in [0.5, 0.6) is 0 Å². The SMILES string of the molecule is CCOC(=O)CC(O)C(O)c1cncc(N)c1N. The van der Waals surface area contributed by atoms with Gasteiger partial charge in [0.05, 0.1) is 36.7 Å². The number of aromatic nitrogens is 1. The molecule has 1 heterocycles. The quantitative estimate of drug-likeness (QED) is 0.526. The van der Waals surface area contributed by atoms with Crippen LogP contribution in [0.4, 0.5) is 11.4 Å². The average Bonchev–Trinajstić information content (AvgIpc) is 2.32. The number of aliphatic hydroxyl groups is 2. The van der Waals surface area contributed by atoms with Gasteiger partial charge in [-0.15, -0.1) is 0 Å². The fourth-order valence-corrected chi connectivity index (χ4v) is 1.45. The summed E-state index contributed by atoms with van der Waals surface area (Å²) in [4.78, 5) is 14.9. The van der Waals surface area contributed by atoms with Gasteiger partial charge in [-0.25, -0.2) is 0 Å². The van der Waals surface area contributed by atoms with E-state index in [4.69, 9.17) is 11.5 Å². The number of ether oxygens (including phenoxy) is 1. The molecule has 0 saturated carbocycles. The Labute approximate surface area is 104 Å². The van der Waals surface area contributed by atoms with E-state index in [0.717, 1.165) is 0 Å². The van der Waals surface area contributed by atoms with Crippen molar-refractivity contribution in [2.75, 3.05) is 18.1 Å². The van der Waals surface area contributed by atoms with E-state index >= 15 is 0 Å². The number of nitrogen functional groups attached to an aromatic ring is 2. The van der Waals surface area contributed by atoms with Gasteiger partial charge >= 0.3 is 5.97 Å². The van der Waals surface area contributed by atoms with Gasteiger partial charge in [0.25, 0.3) is 0 Å². The van der Waals surface area contributed by atoms with E-state index in [1.165, 1.54) is 12.4 Å². The highest BCUT2D eigenvalue weighted by Gasteiger charge is 2.24. The molecule has 0 spiro atoms. The predicted molar refractivity (Wildman–Crippen MR) is 65.3 cm³/mol. The predicted octanol–water partition coefficient (Wildman–Crippen LogP) is -0.407. The molecule has 0 aliphatic heterocycles. The summed E-state index contributed by atoms with van der Waals surface area (Å²) in [6.07, 6.45) is -0.363. The van der Waals surface area contributed by atoms with Crippen LogP contribution in [0.2, 0.25) is 0 Å². The van der Waals surface area contributed by atoms with Gasteiger partial charge in [0.15, 0.2) is 0 Å². The topological polar surface area (TPSA) is 132 Å². The van der Waals surface area contributed by atoms with E-state index in [1.54, 1.807) is 6.92 Å².